The molecule has 3 heterocycles. The van der Waals surface area contributed by atoms with Gasteiger partial charge < -0.3 is 29.4 Å². The first-order valence-corrected chi connectivity index (χ1v) is 15.6. The van der Waals surface area contributed by atoms with Crippen LogP contribution in [0, 0.1) is 5.92 Å². The fraction of sp³-hybridized carbons (Fsp3) is 0.400. The van der Waals surface area contributed by atoms with Crippen LogP contribution in [0.4, 0.5) is 10.5 Å². The molecular formula is C35H39N3O8. The second-order valence-corrected chi connectivity index (χ2v) is 11.9. The summed E-state index contributed by atoms with van der Waals surface area (Å²) in [7, 11) is 0. The molecule has 3 aromatic rings. The molecule has 0 aromatic heterocycles. The number of rotatable bonds is 9. The average Bonchev–Trinajstić information content (AvgIpc) is 3.37. The van der Waals surface area contributed by atoms with Gasteiger partial charge in [0, 0.05) is 31.1 Å². The van der Waals surface area contributed by atoms with E-state index in [2.05, 4.69) is 17.1 Å². The number of nitrogens with one attached hydrogen (secondary N) is 1. The first-order chi connectivity index (χ1) is 22.4. The van der Waals surface area contributed by atoms with E-state index in [1.165, 1.54) is 0 Å². The van der Waals surface area contributed by atoms with Crippen LogP contribution in [0.15, 0.2) is 78.9 Å². The van der Waals surface area contributed by atoms with Crippen molar-refractivity contribution >= 4 is 23.6 Å². The van der Waals surface area contributed by atoms with Gasteiger partial charge in [0.15, 0.2) is 6.29 Å². The SMILES string of the molecule is C[C@@H]1[C@H](CN2CCOCC2)O[C@H](c2cccc(N3C(=O)CC(NC(=O)OCc4ccccc4)C3=O)c2)O[C@@H]1c1ccc(CO)cc1. The maximum atomic E-state index is 13.4. The minimum Gasteiger partial charge on any atom is -0.445 e. The van der Waals surface area contributed by atoms with E-state index in [0.29, 0.717) is 31.0 Å². The van der Waals surface area contributed by atoms with Crippen LogP contribution in [0.2, 0.25) is 0 Å². The molecule has 0 aliphatic carbocycles. The van der Waals surface area contributed by atoms with Crippen LogP contribution in [-0.4, -0.2) is 72.9 Å². The Bertz CT molecular complexity index is 1510. The van der Waals surface area contributed by atoms with Crippen LogP contribution in [0.25, 0.3) is 0 Å². The van der Waals surface area contributed by atoms with Crippen molar-refractivity contribution in [3.05, 3.63) is 101 Å². The lowest BCUT2D eigenvalue weighted by atomic mass is 9.90. The quantitative estimate of drug-likeness (QED) is 0.339. The van der Waals surface area contributed by atoms with Crippen LogP contribution in [0.5, 0.6) is 0 Å². The number of carbonyl (C=O) groups excluding carboxylic acids is 3. The molecule has 0 bridgehead atoms. The Morgan fingerprint density at radius 2 is 1.70 bits per heavy atom. The molecular weight excluding hydrogens is 590 g/mol. The zero-order valence-corrected chi connectivity index (χ0v) is 25.7. The normalized spacial score (nSPS) is 25.4. The summed E-state index contributed by atoms with van der Waals surface area (Å²) < 4.78 is 24.0. The summed E-state index contributed by atoms with van der Waals surface area (Å²) in [5.74, 6) is -0.955. The minimum absolute atomic E-state index is 0.0115. The van der Waals surface area contributed by atoms with Crippen molar-refractivity contribution in [3.8, 4) is 0 Å². The molecule has 5 atom stereocenters. The highest BCUT2D eigenvalue weighted by Crippen LogP contribution is 2.42. The number of aliphatic hydroxyl groups is 1. The van der Waals surface area contributed by atoms with Crippen molar-refractivity contribution in [1.29, 1.82) is 0 Å². The Hall–Kier alpha value is -4.13. The van der Waals surface area contributed by atoms with Crippen LogP contribution < -0.4 is 10.2 Å². The summed E-state index contributed by atoms with van der Waals surface area (Å²) in [4.78, 5) is 42.3. The van der Waals surface area contributed by atoms with E-state index in [9.17, 15) is 19.5 Å². The zero-order chi connectivity index (χ0) is 32.0. The van der Waals surface area contributed by atoms with E-state index in [-0.39, 0.29) is 37.8 Å². The molecule has 6 rings (SSSR count). The highest BCUT2D eigenvalue weighted by molar-refractivity contribution is 6.22. The Morgan fingerprint density at radius 1 is 0.935 bits per heavy atom. The van der Waals surface area contributed by atoms with Crippen LogP contribution in [0.1, 0.15) is 48.0 Å². The van der Waals surface area contributed by atoms with Gasteiger partial charge in [-0.25, -0.2) is 9.69 Å². The molecule has 3 fully saturated rings. The van der Waals surface area contributed by atoms with Crippen molar-refractivity contribution in [2.75, 3.05) is 37.7 Å². The molecule has 46 heavy (non-hydrogen) atoms. The summed E-state index contributed by atoms with van der Waals surface area (Å²) in [6.45, 7) is 5.80. The van der Waals surface area contributed by atoms with Crippen LogP contribution in [0.3, 0.4) is 0 Å². The maximum Gasteiger partial charge on any atom is 0.408 e. The highest BCUT2D eigenvalue weighted by Gasteiger charge is 2.42. The number of benzene rings is 3. The van der Waals surface area contributed by atoms with E-state index >= 15 is 0 Å². The molecule has 0 spiro atoms. The topological polar surface area (TPSA) is 127 Å². The Kier molecular flexibility index (Phi) is 10.1. The third-order valence-corrected chi connectivity index (χ3v) is 8.72. The average molecular weight is 630 g/mol. The largest absolute Gasteiger partial charge is 0.445 e. The number of carbonyl (C=O) groups is 3. The number of imide groups is 1. The number of ether oxygens (including phenoxy) is 4. The smallest absolute Gasteiger partial charge is 0.408 e. The van der Waals surface area contributed by atoms with Gasteiger partial charge in [-0.05, 0) is 28.8 Å². The van der Waals surface area contributed by atoms with E-state index in [0.717, 1.165) is 34.7 Å². The van der Waals surface area contributed by atoms with Crippen molar-refractivity contribution in [2.24, 2.45) is 5.92 Å². The zero-order valence-electron chi connectivity index (χ0n) is 25.7. The molecule has 3 aliphatic rings. The van der Waals surface area contributed by atoms with Gasteiger partial charge in [-0.15, -0.1) is 0 Å². The van der Waals surface area contributed by atoms with E-state index in [1.54, 1.807) is 18.2 Å². The van der Waals surface area contributed by atoms with Gasteiger partial charge >= 0.3 is 6.09 Å². The van der Waals surface area contributed by atoms with Gasteiger partial charge in [-0.3, -0.25) is 14.5 Å². The Labute approximate surface area is 268 Å². The summed E-state index contributed by atoms with van der Waals surface area (Å²) in [6, 6.07) is 22.9. The lowest BCUT2D eigenvalue weighted by molar-refractivity contribution is -0.277. The van der Waals surface area contributed by atoms with Crippen molar-refractivity contribution < 1.29 is 38.4 Å². The number of alkyl carbamates (subject to hydrolysis) is 1. The second kappa shape index (κ2) is 14.5. The number of amides is 3. The molecule has 3 aromatic carbocycles. The van der Waals surface area contributed by atoms with Gasteiger partial charge in [0.05, 0.1) is 44.1 Å². The van der Waals surface area contributed by atoms with Crippen LogP contribution >= 0.6 is 0 Å². The standard InChI is InChI=1S/C35H39N3O8/c1-23-30(20-37-14-16-43-17-15-37)45-34(46-32(23)26-12-10-24(21-39)11-13-26)27-8-5-9-28(18-27)38-31(40)19-29(33(38)41)36-35(42)44-22-25-6-3-2-4-7-25/h2-13,18,23,29-30,32,34,39H,14-17,19-22H2,1H3,(H,36,42)/t23-,29?,30+,32+,34+/m1/s1. The van der Waals surface area contributed by atoms with Gasteiger partial charge in [0.1, 0.15) is 12.6 Å². The summed E-state index contributed by atoms with van der Waals surface area (Å²) in [5.41, 5.74) is 3.62. The highest BCUT2D eigenvalue weighted by atomic mass is 16.7. The molecule has 11 nitrogen and oxygen atoms in total. The molecule has 2 N–H and O–H groups in total. The summed E-state index contributed by atoms with van der Waals surface area (Å²) in [6.07, 6.45) is -2.18. The van der Waals surface area contributed by atoms with Gasteiger partial charge in [0.2, 0.25) is 5.91 Å². The number of morpholine rings is 1. The van der Waals surface area contributed by atoms with E-state index in [1.807, 2.05) is 60.7 Å². The van der Waals surface area contributed by atoms with Gasteiger partial charge in [-0.1, -0.05) is 73.7 Å². The number of nitrogens with zero attached hydrogens (tertiary/aromatic N) is 2. The molecule has 1 unspecified atom stereocenters. The van der Waals surface area contributed by atoms with Gasteiger partial charge in [0.25, 0.3) is 5.91 Å². The Morgan fingerprint density at radius 3 is 2.43 bits per heavy atom. The predicted octanol–water partition coefficient (Wildman–Crippen LogP) is 3.86. The summed E-state index contributed by atoms with van der Waals surface area (Å²) >= 11 is 0. The van der Waals surface area contributed by atoms with E-state index < -0.39 is 30.2 Å². The second-order valence-electron chi connectivity index (χ2n) is 11.9. The fourth-order valence-electron chi connectivity index (χ4n) is 6.10. The first-order valence-electron chi connectivity index (χ1n) is 15.6. The van der Waals surface area contributed by atoms with Crippen LogP contribution in [-0.2, 0) is 41.8 Å². The third-order valence-electron chi connectivity index (χ3n) is 8.72. The maximum absolute atomic E-state index is 13.4. The molecule has 242 valence electrons. The molecule has 0 radical (unpaired) electrons. The minimum atomic E-state index is -1.04. The molecule has 3 aliphatic heterocycles. The third kappa shape index (κ3) is 7.30. The number of hydrogen-bond donors (Lipinski definition) is 2. The van der Waals surface area contributed by atoms with E-state index in [4.69, 9.17) is 18.9 Å². The predicted molar refractivity (Wildman–Crippen MR) is 167 cm³/mol. The summed E-state index contributed by atoms with van der Waals surface area (Å²) in [5, 5.41) is 12.1. The molecule has 3 amide bonds. The fourth-order valence-corrected chi connectivity index (χ4v) is 6.10. The Balaban J connectivity index is 1.18. The molecule has 11 heteroatoms. The number of aliphatic hydroxyl groups excluding tert-OH is 1. The number of hydrogen-bond acceptors (Lipinski definition) is 9. The van der Waals surface area contributed by atoms with Crippen molar-refractivity contribution in [1.82, 2.24) is 10.2 Å². The lowest BCUT2D eigenvalue weighted by Crippen LogP contribution is -2.47. The number of anilines is 1. The monoisotopic (exact) mass is 629 g/mol. The lowest BCUT2D eigenvalue weighted by Gasteiger charge is -2.43. The van der Waals surface area contributed by atoms with Crippen molar-refractivity contribution in [2.45, 2.75) is 51.1 Å². The van der Waals surface area contributed by atoms with Gasteiger partial charge in [-0.2, -0.15) is 0 Å². The molecule has 0 saturated carbocycles. The van der Waals surface area contributed by atoms with Crippen molar-refractivity contribution in [3.63, 3.8) is 0 Å². The molecule has 3 saturated heterocycles. The first kappa shape index (κ1) is 31.8.